The first-order chi connectivity index (χ1) is 12.3. The van der Waals surface area contributed by atoms with Gasteiger partial charge in [-0.25, -0.2) is 12.7 Å². The Morgan fingerprint density at radius 3 is 2.31 bits per heavy atom. The lowest BCUT2D eigenvalue weighted by Crippen LogP contribution is -2.36. The lowest BCUT2D eigenvalue weighted by atomic mass is 10.2. The number of sulfonamides is 1. The Bertz CT molecular complexity index is 880. The number of rotatable bonds is 7. The molecule has 138 valence electrons. The summed E-state index contributed by atoms with van der Waals surface area (Å²) >= 11 is 0. The largest absolute Gasteiger partial charge is 0.350 e. The van der Waals surface area contributed by atoms with E-state index in [9.17, 15) is 18.0 Å². The van der Waals surface area contributed by atoms with Crippen LogP contribution in [0.25, 0.3) is 0 Å². The van der Waals surface area contributed by atoms with Crippen molar-refractivity contribution in [3.05, 3.63) is 65.7 Å². The number of amides is 2. The van der Waals surface area contributed by atoms with Crippen LogP contribution < -0.4 is 10.6 Å². The van der Waals surface area contributed by atoms with E-state index in [1.807, 2.05) is 30.3 Å². The zero-order valence-electron chi connectivity index (χ0n) is 14.6. The second kappa shape index (κ2) is 8.59. The van der Waals surface area contributed by atoms with Gasteiger partial charge in [0, 0.05) is 26.2 Å². The Labute approximate surface area is 153 Å². The summed E-state index contributed by atoms with van der Waals surface area (Å²) in [5.74, 6) is -0.852. The molecular formula is C18H21N3O4S. The Kier molecular flexibility index (Phi) is 6.48. The maximum atomic E-state index is 12.2. The molecule has 2 amide bonds. The minimum Gasteiger partial charge on any atom is -0.350 e. The van der Waals surface area contributed by atoms with Gasteiger partial charge in [0.25, 0.3) is 5.91 Å². The van der Waals surface area contributed by atoms with Crippen molar-refractivity contribution in [2.24, 2.45) is 0 Å². The summed E-state index contributed by atoms with van der Waals surface area (Å²) in [4.78, 5) is 24.0. The van der Waals surface area contributed by atoms with Crippen molar-refractivity contribution in [1.29, 1.82) is 0 Å². The topological polar surface area (TPSA) is 95.6 Å². The molecule has 2 aromatic rings. The van der Waals surface area contributed by atoms with Crippen molar-refractivity contribution in [2.45, 2.75) is 11.4 Å². The minimum atomic E-state index is -3.63. The van der Waals surface area contributed by atoms with Crippen LogP contribution in [-0.4, -0.2) is 45.2 Å². The highest BCUT2D eigenvalue weighted by Gasteiger charge is 2.18. The van der Waals surface area contributed by atoms with E-state index in [-0.39, 0.29) is 22.9 Å². The second-order valence-corrected chi connectivity index (χ2v) is 7.91. The van der Waals surface area contributed by atoms with Gasteiger partial charge < -0.3 is 10.6 Å². The zero-order chi connectivity index (χ0) is 19.2. The molecule has 2 N–H and O–H groups in total. The summed E-state index contributed by atoms with van der Waals surface area (Å²) in [6, 6.07) is 15.1. The van der Waals surface area contributed by atoms with Gasteiger partial charge in [0.2, 0.25) is 15.9 Å². The van der Waals surface area contributed by atoms with E-state index >= 15 is 0 Å². The average Bonchev–Trinajstić information content (AvgIpc) is 2.65. The Hall–Kier alpha value is -2.71. The van der Waals surface area contributed by atoms with Crippen LogP contribution in [0.1, 0.15) is 15.9 Å². The van der Waals surface area contributed by atoms with Crippen molar-refractivity contribution < 1.29 is 18.0 Å². The molecule has 26 heavy (non-hydrogen) atoms. The number of hydrogen-bond donors (Lipinski definition) is 2. The van der Waals surface area contributed by atoms with Gasteiger partial charge in [0.15, 0.2) is 0 Å². The molecule has 0 aliphatic carbocycles. The normalized spacial score (nSPS) is 11.2. The summed E-state index contributed by atoms with van der Waals surface area (Å²) in [5.41, 5.74) is 1.12. The molecule has 0 fully saturated rings. The van der Waals surface area contributed by atoms with Gasteiger partial charge in [-0.05, 0) is 23.8 Å². The monoisotopic (exact) mass is 375 g/mol. The third-order valence-corrected chi connectivity index (χ3v) is 5.43. The molecule has 0 heterocycles. The van der Waals surface area contributed by atoms with E-state index in [2.05, 4.69) is 10.6 Å². The third-order valence-electron chi connectivity index (χ3n) is 3.62. The number of hydrogen-bond acceptors (Lipinski definition) is 4. The maximum Gasteiger partial charge on any atom is 0.251 e. The predicted octanol–water partition coefficient (Wildman–Crippen LogP) is 0.983. The van der Waals surface area contributed by atoms with Crippen molar-refractivity contribution in [2.75, 3.05) is 20.6 Å². The van der Waals surface area contributed by atoms with Crippen molar-refractivity contribution >= 4 is 21.8 Å². The molecule has 2 rings (SSSR count). The molecule has 2 aromatic carbocycles. The van der Waals surface area contributed by atoms with Crippen molar-refractivity contribution in [3.63, 3.8) is 0 Å². The molecule has 0 radical (unpaired) electrons. The van der Waals surface area contributed by atoms with Crippen LogP contribution in [0.3, 0.4) is 0 Å². The first-order valence-corrected chi connectivity index (χ1v) is 9.36. The molecule has 0 saturated heterocycles. The summed E-state index contributed by atoms with van der Waals surface area (Å²) < 4.78 is 25.3. The van der Waals surface area contributed by atoms with E-state index in [1.54, 1.807) is 0 Å². The van der Waals surface area contributed by atoms with E-state index in [1.165, 1.54) is 38.4 Å². The fraction of sp³-hybridized carbons (Fsp3) is 0.222. The molecule has 8 heteroatoms. The van der Waals surface area contributed by atoms with Crippen LogP contribution in [-0.2, 0) is 21.4 Å². The minimum absolute atomic E-state index is 0.0173. The Balaban J connectivity index is 1.93. The predicted molar refractivity (Wildman–Crippen MR) is 97.9 cm³/mol. The van der Waals surface area contributed by atoms with Crippen LogP contribution in [0, 0.1) is 0 Å². The van der Waals surface area contributed by atoms with E-state index in [0.29, 0.717) is 6.54 Å². The van der Waals surface area contributed by atoms with Crippen molar-refractivity contribution in [1.82, 2.24) is 14.9 Å². The van der Waals surface area contributed by atoms with E-state index in [4.69, 9.17) is 0 Å². The smallest absolute Gasteiger partial charge is 0.251 e. The van der Waals surface area contributed by atoms with Crippen LogP contribution in [0.15, 0.2) is 59.5 Å². The number of nitrogens with zero attached hydrogens (tertiary/aromatic N) is 1. The summed E-state index contributed by atoms with van der Waals surface area (Å²) in [5, 5.41) is 5.18. The van der Waals surface area contributed by atoms with Gasteiger partial charge in [-0.1, -0.05) is 36.4 Å². The molecule has 0 aliphatic heterocycles. The first-order valence-electron chi connectivity index (χ1n) is 7.92. The van der Waals surface area contributed by atoms with Crippen LogP contribution in [0.4, 0.5) is 0 Å². The Morgan fingerprint density at radius 1 is 0.962 bits per heavy atom. The molecule has 0 unspecified atom stereocenters. The van der Waals surface area contributed by atoms with Gasteiger partial charge in [-0.3, -0.25) is 9.59 Å². The summed E-state index contributed by atoms with van der Waals surface area (Å²) in [6.45, 7) is 0.169. The molecule has 7 nitrogen and oxygen atoms in total. The quantitative estimate of drug-likeness (QED) is 0.754. The van der Waals surface area contributed by atoms with E-state index in [0.717, 1.165) is 9.87 Å². The summed E-state index contributed by atoms with van der Waals surface area (Å²) in [7, 11) is -0.798. The van der Waals surface area contributed by atoms with Crippen molar-refractivity contribution in [3.8, 4) is 0 Å². The lowest BCUT2D eigenvalue weighted by molar-refractivity contribution is -0.120. The SMILES string of the molecule is CN(C)S(=O)(=O)c1cccc(C(=O)NCC(=O)NCc2ccccc2)c1. The standard InChI is InChI=1S/C18H21N3O4S/c1-21(2)26(24,25)16-10-6-9-15(11-16)18(23)20-13-17(22)19-12-14-7-4-3-5-8-14/h3-11H,12-13H2,1-2H3,(H,19,22)(H,20,23). The van der Waals surface area contributed by atoms with E-state index < -0.39 is 15.9 Å². The van der Waals surface area contributed by atoms with Crippen LogP contribution in [0.2, 0.25) is 0 Å². The number of carbonyl (C=O) groups is 2. The number of nitrogens with one attached hydrogen (secondary N) is 2. The van der Waals surface area contributed by atoms with Crippen LogP contribution in [0.5, 0.6) is 0 Å². The molecule has 0 spiro atoms. The van der Waals surface area contributed by atoms with Gasteiger partial charge >= 0.3 is 0 Å². The highest BCUT2D eigenvalue weighted by Crippen LogP contribution is 2.14. The third kappa shape index (κ3) is 5.14. The average molecular weight is 375 g/mol. The molecule has 0 aliphatic rings. The maximum absolute atomic E-state index is 12.2. The fourth-order valence-corrected chi connectivity index (χ4v) is 3.08. The van der Waals surface area contributed by atoms with Gasteiger partial charge in [-0.15, -0.1) is 0 Å². The van der Waals surface area contributed by atoms with Gasteiger partial charge in [0.05, 0.1) is 11.4 Å². The second-order valence-electron chi connectivity index (χ2n) is 5.76. The highest BCUT2D eigenvalue weighted by molar-refractivity contribution is 7.89. The molecule has 0 aromatic heterocycles. The zero-order valence-corrected chi connectivity index (χ0v) is 15.4. The summed E-state index contributed by atoms with van der Waals surface area (Å²) in [6.07, 6.45) is 0. The highest BCUT2D eigenvalue weighted by atomic mass is 32.2. The van der Waals surface area contributed by atoms with Gasteiger partial charge in [-0.2, -0.15) is 0 Å². The number of carbonyl (C=O) groups excluding carboxylic acids is 2. The molecule has 0 bridgehead atoms. The Morgan fingerprint density at radius 2 is 1.65 bits per heavy atom. The number of benzene rings is 2. The first kappa shape index (κ1) is 19.6. The van der Waals surface area contributed by atoms with Gasteiger partial charge in [0.1, 0.15) is 0 Å². The molecule has 0 saturated carbocycles. The molecule has 0 atom stereocenters. The molecular weight excluding hydrogens is 354 g/mol. The lowest BCUT2D eigenvalue weighted by Gasteiger charge is -2.12. The van der Waals surface area contributed by atoms with Crippen LogP contribution >= 0.6 is 0 Å². The fourth-order valence-electron chi connectivity index (χ4n) is 2.13.